The Morgan fingerprint density at radius 3 is 2.72 bits per heavy atom. The third-order valence-corrected chi connectivity index (χ3v) is 4.29. The van der Waals surface area contributed by atoms with Crippen molar-refractivity contribution >= 4 is 16.5 Å². The molecular weight excluding hydrogens is 246 g/mol. The smallest absolute Gasteiger partial charge is 0.0585 e. The van der Waals surface area contributed by atoms with Crippen LogP contribution < -0.4 is 5.73 Å². The van der Waals surface area contributed by atoms with Crippen molar-refractivity contribution in [2.75, 3.05) is 24.7 Å². The molecule has 0 amide bonds. The zero-order valence-corrected chi connectivity index (χ0v) is 12.3. The van der Waals surface area contributed by atoms with E-state index < -0.39 is 10.8 Å². The van der Waals surface area contributed by atoms with E-state index in [4.69, 9.17) is 10.5 Å². The molecule has 102 valence electrons. The largest absolute Gasteiger partial charge is 0.398 e. The summed E-state index contributed by atoms with van der Waals surface area (Å²) in [6, 6.07) is 5.54. The first-order valence-electron chi connectivity index (χ1n) is 6.33. The van der Waals surface area contributed by atoms with Crippen LogP contribution in [0.5, 0.6) is 0 Å². The maximum atomic E-state index is 12.1. The summed E-state index contributed by atoms with van der Waals surface area (Å²) in [5.74, 6) is 1.18. The van der Waals surface area contributed by atoms with E-state index in [0.717, 1.165) is 23.5 Å². The van der Waals surface area contributed by atoms with E-state index in [2.05, 4.69) is 13.8 Å². The molecule has 0 bridgehead atoms. The third-order valence-electron chi connectivity index (χ3n) is 2.82. The van der Waals surface area contributed by atoms with Gasteiger partial charge in [-0.05, 0) is 37.0 Å². The van der Waals surface area contributed by atoms with E-state index >= 15 is 0 Å². The zero-order chi connectivity index (χ0) is 13.5. The molecule has 0 aliphatic heterocycles. The maximum absolute atomic E-state index is 12.1. The fourth-order valence-electron chi connectivity index (χ4n) is 1.54. The molecule has 4 heteroatoms. The number of anilines is 1. The van der Waals surface area contributed by atoms with Crippen LogP contribution in [0.25, 0.3) is 0 Å². The molecule has 0 aliphatic rings. The lowest BCUT2D eigenvalue weighted by Gasteiger charge is -2.09. The molecule has 0 radical (unpaired) electrons. The Morgan fingerprint density at radius 1 is 1.33 bits per heavy atom. The summed E-state index contributed by atoms with van der Waals surface area (Å²) >= 11 is 0. The SMILES string of the molecule is Cc1c(N)cccc1S(=O)CCOCCC(C)C. The molecule has 0 fully saturated rings. The molecule has 0 aliphatic carbocycles. The minimum Gasteiger partial charge on any atom is -0.398 e. The Morgan fingerprint density at radius 2 is 2.06 bits per heavy atom. The van der Waals surface area contributed by atoms with Crippen molar-refractivity contribution in [2.24, 2.45) is 5.92 Å². The van der Waals surface area contributed by atoms with Gasteiger partial charge in [-0.25, -0.2) is 0 Å². The van der Waals surface area contributed by atoms with Crippen molar-refractivity contribution in [2.45, 2.75) is 32.1 Å². The molecule has 1 atom stereocenters. The average molecular weight is 269 g/mol. The molecule has 18 heavy (non-hydrogen) atoms. The second-order valence-electron chi connectivity index (χ2n) is 4.81. The van der Waals surface area contributed by atoms with Gasteiger partial charge in [-0.1, -0.05) is 19.9 Å². The van der Waals surface area contributed by atoms with Crippen molar-refractivity contribution in [1.82, 2.24) is 0 Å². The molecule has 0 saturated carbocycles. The standard InChI is InChI=1S/C14H23NO2S/c1-11(2)7-8-17-9-10-18(16)14-6-4-5-13(15)12(14)3/h4-6,11H,7-10,15H2,1-3H3. The summed E-state index contributed by atoms with van der Waals surface area (Å²) in [4.78, 5) is 0.822. The van der Waals surface area contributed by atoms with Crippen molar-refractivity contribution in [3.8, 4) is 0 Å². The highest BCUT2D eigenvalue weighted by molar-refractivity contribution is 7.85. The van der Waals surface area contributed by atoms with Crippen LogP contribution >= 0.6 is 0 Å². The van der Waals surface area contributed by atoms with Crippen LogP contribution in [0.3, 0.4) is 0 Å². The highest BCUT2D eigenvalue weighted by atomic mass is 32.2. The molecule has 1 rings (SSSR count). The van der Waals surface area contributed by atoms with Gasteiger partial charge in [-0.15, -0.1) is 0 Å². The van der Waals surface area contributed by atoms with E-state index in [1.165, 1.54) is 0 Å². The first-order chi connectivity index (χ1) is 8.52. The number of nitrogen functional groups attached to an aromatic ring is 1. The van der Waals surface area contributed by atoms with Gasteiger partial charge in [0.1, 0.15) is 0 Å². The predicted octanol–water partition coefficient (Wildman–Crippen LogP) is 2.75. The molecule has 0 saturated heterocycles. The van der Waals surface area contributed by atoms with Crippen LogP contribution in [0.4, 0.5) is 5.69 Å². The summed E-state index contributed by atoms with van der Waals surface area (Å²) in [7, 11) is -1.02. The molecule has 0 heterocycles. The summed E-state index contributed by atoms with van der Waals surface area (Å²) < 4.78 is 17.6. The summed E-state index contributed by atoms with van der Waals surface area (Å²) in [6.45, 7) is 7.51. The van der Waals surface area contributed by atoms with Crippen LogP contribution in [0, 0.1) is 12.8 Å². The first kappa shape index (κ1) is 15.2. The Hall–Kier alpha value is -0.870. The normalized spacial score (nSPS) is 12.9. The van der Waals surface area contributed by atoms with E-state index in [1.54, 1.807) is 0 Å². The Kier molecular flexibility index (Phi) is 6.36. The van der Waals surface area contributed by atoms with Crippen LogP contribution in [0.1, 0.15) is 25.8 Å². The van der Waals surface area contributed by atoms with Gasteiger partial charge < -0.3 is 10.5 Å². The van der Waals surface area contributed by atoms with Gasteiger partial charge in [0.25, 0.3) is 0 Å². The number of hydrogen-bond donors (Lipinski definition) is 1. The molecule has 3 nitrogen and oxygen atoms in total. The minimum absolute atomic E-state index is 0.530. The van der Waals surface area contributed by atoms with E-state index in [-0.39, 0.29) is 0 Å². The summed E-state index contributed by atoms with van der Waals surface area (Å²) in [6.07, 6.45) is 1.05. The van der Waals surface area contributed by atoms with Crippen LogP contribution in [-0.4, -0.2) is 23.2 Å². The number of rotatable bonds is 7. The van der Waals surface area contributed by atoms with Crippen LogP contribution in [-0.2, 0) is 15.5 Å². The van der Waals surface area contributed by atoms with Crippen molar-refractivity contribution in [3.63, 3.8) is 0 Å². The third kappa shape index (κ3) is 4.78. The van der Waals surface area contributed by atoms with Gasteiger partial charge in [-0.2, -0.15) is 0 Å². The Labute approximate surface area is 112 Å². The fourth-order valence-corrected chi connectivity index (χ4v) is 2.72. The number of hydrogen-bond acceptors (Lipinski definition) is 3. The lowest BCUT2D eigenvalue weighted by Crippen LogP contribution is -2.09. The topological polar surface area (TPSA) is 52.3 Å². The monoisotopic (exact) mass is 269 g/mol. The van der Waals surface area contributed by atoms with Gasteiger partial charge in [-0.3, -0.25) is 4.21 Å². The molecule has 0 spiro atoms. The number of nitrogens with two attached hydrogens (primary N) is 1. The lowest BCUT2D eigenvalue weighted by atomic mass is 10.1. The van der Waals surface area contributed by atoms with Crippen LogP contribution in [0.2, 0.25) is 0 Å². The molecular formula is C14H23NO2S. The van der Waals surface area contributed by atoms with Gasteiger partial charge in [0, 0.05) is 17.2 Å². The van der Waals surface area contributed by atoms with Crippen molar-refractivity contribution in [3.05, 3.63) is 23.8 Å². The van der Waals surface area contributed by atoms with Crippen molar-refractivity contribution in [1.29, 1.82) is 0 Å². The quantitative estimate of drug-likeness (QED) is 0.611. The first-order valence-corrected chi connectivity index (χ1v) is 7.65. The van der Waals surface area contributed by atoms with Gasteiger partial charge in [0.2, 0.25) is 0 Å². The lowest BCUT2D eigenvalue weighted by molar-refractivity contribution is 0.138. The number of benzene rings is 1. The van der Waals surface area contributed by atoms with Crippen LogP contribution in [0.15, 0.2) is 23.1 Å². The van der Waals surface area contributed by atoms with Gasteiger partial charge in [0.05, 0.1) is 23.2 Å². The molecule has 1 unspecified atom stereocenters. The Balaban J connectivity index is 2.39. The molecule has 1 aromatic rings. The van der Waals surface area contributed by atoms with Gasteiger partial charge >= 0.3 is 0 Å². The molecule has 0 aromatic heterocycles. The molecule has 1 aromatic carbocycles. The predicted molar refractivity (Wildman–Crippen MR) is 77.1 cm³/mol. The second-order valence-corrected chi connectivity index (χ2v) is 6.35. The maximum Gasteiger partial charge on any atom is 0.0585 e. The van der Waals surface area contributed by atoms with E-state index in [0.29, 0.717) is 24.0 Å². The minimum atomic E-state index is -1.02. The van der Waals surface area contributed by atoms with Crippen molar-refractivity contribution < 1.29 is 8.95 Å². The highest BCUT2D eigenvalue weighted by Crippen LogP contribution is 2.19. The number of ether oxygens (including phenoxy) is 1. The summed E-state index contributed by atoms with van der Waals surface area (Å²) in [5, 5.41) is 0. The Bertz CT molecular complexity index is 405. The highest BCUT2D eigenvalue weighted by Gasteiger charge is 2.08. The summed E-state index contributed by atoms with van der Waals surface area (Å²) in [5.41, 5.74) is 7.41. The zero-order valence-electron chi connectivity index (χ0n) is 11.4. The average Bonchev–Trinajstić information content (AvgIpc) is 2.31. The van der Waals surface area contributed by atoms with E-state index in [9.17, 15) is 4.21 Å². The fraction of sp³-hybridized carbons (Fsp3) is 0.571. The second kappa shape index (κ2) is 7.54. The molecule has 2 N–H and O–H groups in total. The van der Waals surface area contributed by atoms with Gasteiger partial charge in [0.15, 0.2) is 0 Å². The van der Waals surface area contributed by atoms with E-state index in [1.807, 2.05) is 25.1 Å².